The second kappa shape index (κ2) is 7.21. The van der Waals surface area contributed by atoms with Gasteiger partial charge in [-0.15, -0.1) is 11.3 Å². The van der Waals surface area contributed by atoms with Gasteiger partial charge >= 0.3 is 0 Å². The summed E-state index contributed by atoms with van der Waals surface area (Å²) in [5, 5.41) is 3.51. The van der Waals surface area contributed by atoms with Gasteiger partial charge in [-0.1, -0.05) is 35.5 Å². The number of thiazole rings is 1. The molecule has 0 saturated carbocycles. The van der Waals surface area contributed by atoms with Crippen LogP contribution in [0.5, 0.6) is 5.75 Å². The first-order valence-electron chi connectivity index (χ1n) is 6.77. The van der Waals surface area contributed by atoms with E-state index in [-0.39, 0.29) is 11.7 Å². The number of hydrogen-bond acceptors (Lipinski definition) is 5. The molecule has 0 aliphatic heterocycles. The molecule has 0 spiro atoms. The summed E-state index contributed by atoms with van der Waals surface area (Å²) < 4.78 is 7.12. The van der Waals surface area contributed by atoms with Crippen LogP contribution in [0.2, 0.25) is 5.02 Å². The van der Waals surface area contributed by atoms with Crippen LogP contribution in [0.1, 0.15) is 0 Å². The first-order chi connectivity index (χ1) is 11.2. The van der Waals surface area contributed by atoms with Crippen molar-refractivity contribution < 1.29 is 9.53 Å². The smallest absolute Gasteiger partial charge is 0.234 e. The maximum absolute atomic E-state index is 12.1. The van der Waals surface area contributed by atoms with Crippen LogP contribution in [0, 0.1) is 0 Å². The van der Waals surface area contributed by atoms with Crippen molar-refractivity contribution in [2.24, 2.45) is 0 Å². The fraction of sp³-hybridized carbons (Fsp3) is 0.125. The van der Waals surface area contributed by atoms with Crippen molar-refractivity contribution in [1.29, 1.82) is 0 Å². The van der Waals surface area contributed by atoms with Crippen LogP contribution in [0.25, 0.3) is 10.2 Å². The molecule has 0 unspecified atom stereocenters. The van der Waals surface area contributed by atoms with Gasteiger partial charge < -0.3 is 10.1 Å². The summed E-state index contributed by atoms with van der Waals surface area (Å²) in [5.74, 6) is 0.822. The topological polar surface area (TPSA) is 51.2 Å². The summed E-state index contributed by atoms with van der Waals surface area (Å²) >= 11 is 8.91. The fourth-order valence-corrected chi connectivity index (χ4v) is 4.02. The number of ether oxygens (including phenoxy) is 1. The number of fused-ring (bicyclic) bond motifs is 1. The molecule has 1 aromatic heterocycles. The van der Waals surface area contributed by atoms with Crippen LogP contribution >= 0.6 is 34.7 Å². The number of thioether (sulfide) groups is 1. The molecule has 0 aliphatic rings. The van der Waals surface area contributed by atoms with E-state index in [1.807, 2.05) is 30.3 Å². The highest BCUT2D eigenvalue weighted by atomic mass is 35.5. The van der Waals surface area contributed by atoms with E-state index in [1.165, 1.54) is 11.8 Å². The molecule has 0 radical (unpaired) electrons. The summed E-state index contributed by atoms with van der Waals surface area (Å²) in [5.41, 5.74) is 1.52. The molecule has 3 aromatic rings. The fourth-order valence-electron chi connectivity index (χ4n) is 2.00. The largest absolute Gasteiger partial charge is 0.495 e. The number of halogens is 1. The lowest BCUT2D eigenvalue weighted by Gasteiger charge is -2.09. The van der Waals surface area contributed by atoms with Crippen LogP contribution in [0.3, 0.4) is 0 Å². The maximum atomic E-state index is 12.1. The van der Waals surface area contributed by atoms with Gasteiger partial charge in [0.1, 0.15) is 5.75 Å². The number of aromatic nitrogens is 1. The Morgan fingerprint density at radius 3 is 3.00 bits per heavy atom. The van der Waals surface area contributed by atoms with E-state index in [4.69, 9.17) is 16.3 Å². The summed E-state index contributed by atoms with van der Waals surface area (Å²) in [7, 11) is 1.58. The van der Waals surface area contributed by atoms with Gasteiger partial charge in [-0.05, 0) is 30.3 Å². The Kier molecular flexibility index (Phi) is 5.05. The summed E-state index contributed by atoms with van der Waals surface area (Å²) in [6.45, 7) is 0. The highest BCUT2D eigenvalue weighted by molar-refractivity contribution is 8.01. The number of anilines is 1. The molecule has 0 aliphatic carbocycles. The highest BCUT2D eigenvalue weighted by Crippen LogP contribution is 2.31. The molecule has 3 rings (SSSR count). The normalized spacial score (nSPS) is 10.7. The van der Waals surface area contributed by atoms with E-state index in [9.17, 15) is 4.79 Å². The molecule has 1 heterocycles. The Balaban J connectivity index is 1.63. The minimum atomic E-state index is -0.100. The van der Waals surface area contributed by atoms with Gasteiger partial charge in [-0.25, -0.2) is 4.98 Å². The maximum Gasteiger partial charge on any atom is 0.234 e. The monoisotopic (exact) mass is 364 g/mol. The predicted molar refractivity (Wildman–Crippen MR) is 97.0 cm³/mol. The quantitative estimate of drug-likeness (QED) is 0.667. The standard InChI is InChI=1S/C16H13ClN2O2S2/c1-21-13-5-3-2-4-11(13)18-15(20)9-22-16-19-12-8-10(17)6-7-14(12)23-16/h2-8H,9H2,1H3,(H,18,20). The molecule has 0 bridgehead atoms. The number of amides is 1. The Morgan fingerprint density at radius 2 is 2.17 bits per heavy atom. The van der Waals surface area contributed by atoms with Crippen LogP contribution in [-0.4, -0.2) is 23.8 Å². The molecular formula is C16H13ClN2O2S2. The van der Waals surface area contributed by atoms with Gasteiger partial charge in [0.15, 0.2) is 4.34 Å². The summed E-state index contributed by atoms with van der Waals surface area (Å²) in [6.07, 6.45) is 0. The molecule has 0 atom stereocenters. The van der Waals surface area contributed by atoms with Crippen molar-refractivity contribution in [3.05, 3.63) is 47.5 Å². The summed E-state index contributed by atoms with van der Waals surface area (Å²) in [6, 6.07) is 12.9. The van der Waals surface area contributed by atoms with Crippen LogP contribution in [0.15, 0.2) is 46.8 Å². The number of rotatable bonds is 5. The van der Waals surface area contributed by atoms with E-state index < -0.39 is 0 Å². The minimum Gasteiger partial charge on any atom is -0.495 e. The van der Waals surface area contributed by atoms with Crippen LogP contribution < -0.4 is 10.1 Å². The third-order valence-electron chi connectivity index (χ3n) is 3.04. The van der Waals surface area contributed by atoms with Gasteiger partial charge in [0.2, 0.25) is 5.91 Å². The van der Waals surface area contributed by atoms with Gasteiger partial charge in [-0.3, -0.25) is 4.79 Å². The van der Waals surface area contributed by atoms with Gasteiger partial charge in [0.05, 0.1) is 28.8 Å². The number of nitrogens with one attached hydrogen (secondary N) is 1. The minimum absolute atomic E-state index is 0.100. The zero-order valence-corrected chi connectivity index (χ0v) is 14.6. The molecule has 2 aromatic carbocycles. The third kappa shape index (κ3) is 3.96. The first-order valence-corrected chi connectivity index (χ1v) is 8.95. The number of methoxy groups -OCH3 is 1. The van der Waals surface area contributed by atoms with Gasteiger partial charge in [-0.2, -0.15) is 0 Å². The molecule has 4 nitrogen and oxygen atoms in total. The number of nitrogens with zero attached hydrogens (tertiary/aromatic N) is 1. The van der Waals surface area contributed by atoms with E-state index >= 15 is 0 Å². The van der Waals surface area contributed by atoms with Crippen molar-refractivity contribution >= 4 is 56.5 Å². The molecule has 118 valence electrons. The van der Waals surface area contributed by atoms with Crippen molar-refractivity contribution in [1.82, 2.24) is 4.98 Å². The summed E-state index contributed by atoms with van der Waals surface area (Å²) in [4.78, 5) is 16.6. The zero-order valence-electron chi connectivity index (χ0n) is 12.2. The average molecular weight is 365 g/mol. The second-order valence-electron chi connectivity index (χ2n) is 4.63. The Morgan fingerprint density at radius 1 is 1.35 bits per heavy atom. The zero-order chi connectivity index (χ0) is 16.2. The van der Waals surface area contributed by atoms with E-state index in [0.717, 1.165) is 14.6 Å². The van der Waals surface area contributed by atoms with Crippen molar-refractivity contribution in [2.45, 2.75) is 4.34 Å². The van der Waals surface area contributed by atoms with E-state index in [0.29, 0.717) is 16.5 Å². The molecule has 23 heavy (non-hydrogen) atoms. The average Bonchev–Trinajstić information content (AvgIpc) is 2.95. The predicted octanol–water partition coefficient (Wildman–Crippen LogP) is 4.69. The Bertz CT molecular complexity index is 851. The Hall–Kier alpha value is -1.76. The third-order valence-corrected chi connectivity index (χ3v) is 5.45. The van der Waals surface area contributed by atoms with Crippen molar-refractivity contribution in [2.75, 3.05) is 18.2 Å². The lowest BCUT2D eigenvalue weighted by Crippen LogP contribution is -2.14. The van der Waals surface area contributed by atoms with E-state index in [1.54, 1.807) is 30.6 Å². The molecular weight excluding hydrogens is 352 g/mol. The molecule has 1 N–H and O–H groups in total. The number of carbonyl (C=O) groups excluding carboxylic acids is 1. The van der Waals surface area contributed by atoms with Crippen molar-refractivity contribution in [3.63, 3.8) is 0 Å². The number of benzene rings is 2. The number of carbonyl (C=O) groups is 1. The Labute approximate surface area is 146 Å². The SMILES string of the molecule is COc1ccccc1NC(=O)CSc1nc2cc(Cl)ccc2s1. The first kappa shape index (κ1) is 16.1. The lowest BCUT2D eigenvalue weighted by molar-refractivity contribution is -0.113. The highest BCUT2D eigenvalue weighted by Gasteiger charge is 2.10. The van der Waals surface area contributed by atoms with Crippen LogP contribution in [0.4, 0.5) is 5.69 Å². The molecule has 0 saturated heterocycles. The van der Waals surface area contributed by atoms with Crippen molar-refractivity contribution in [3.8, 4) is 5.75 Å². The molecule has 0 fully saturated rings. The van der Waals surface area contributed by atoms with E-state index in [2.05, 4.69) is 10.3 Å². The van der Waals surface area contributed by atoms with Crippen LogP contribution in [-0.2, 0) is 4.79 Å². The van der Waals surface area contributed by atoms with Gasteiger partial charge in [0, 0.05) is 5.02 Å². The second-order valence-corrected chi connectivity index (χ2v) is 7.32. The molecule has 1 amide bonds. The lowest BCUT2D eigenvalue weighted by atomic mass is 10.3. The number of hydrogen-bond donors (Lipinski definition) is 1. The molecule has 7 heteroatoms. The van der Waals surface area contributed by atoms with Gasteiger partial charge in [0.25, 0.3) is 0 Å². The number of para-hydroxylation sites is 2.